The van der Waals surface area contributed by atoms with Crippen LogP contribution in [0.2, 0.25) is 0 Å². The third-order valence-electron chi connectivity index (χ3n) is 5.47. The third-order valence-corrected chi connectivity index (χ3v) is 6.40. The van der Waals surface area contributed by atoms with Crippen molar-refractivity contribution in [2.24, 2.45) is 7.05 Å². The van der Waals surface area contributed by atoms with Crippen LogP contribution in [0.15, 0.2) is 60.0 Å². The van der Waals surface area contributed by atoms with Gasteiger partial charge >= 0.3 is 0 Å². The molecule has 0 spiro atoms. The molecular weight excluding hydrogens is 420 g/mol. The molecule has 7 heteroatoms. The molecule has 0 saturated heterocycles. The van der Waals surface area contributed by atoms with Crippen molar-refractivity contribution in [2.75, 3.05) is 10.6 Å². The van der Waals surface area contributed by atoms with E-state index in [9.17, 15) is 9.59 Å². The standard InChI is InChI=1S/C25H24N4O2S.2H2/c1-6-21(30)26-17-10-11-20(27-23-14(2)8-7-9-15(23)3)18(12-17)19-13-29(5)25(31)24-22(19)16(4)28-32-24;;/h6-13,27H,1H2,2-5H3,(H,26,30);2*1H. The maximum atomic E-state index is 12.7. The first-order valence-corrected chi connectivity index (χ1v) is 10.9. The number of aryl methyl sites for hydroxylation is 4. The molecule has 166 valence electrons. The van der Waals surface area contributed by atoms with E-state index in [1.807, 2.05) is 37.4 Å². The zero-order valence-corrected chi connectivity index (χ0v) is 19.3. The molecule has 4 rings (SSSR count). The minimum atomic E-state index is -0.287. The van der Waals surface area contributed by atoms with Crippen molar-refractivity contribution in [3.8, 4) is 11.1 Å². The number of carbonyl (C=O) groups is 1. The predicted octanol–water partition coefficient (Wildman–Crippen LogP) is 5.95. The van der Waals surface area contributed by atoms with Crippen molar-refractivity contribution in [2.45, 2.75) is 20.8 Å². The van der Waals surface area contributed by atoms with E-state index in [0.717, 1.165) is 44.7 Å². The first-order chi connectivity index (χ1) is 15.3. The average molecular weight is 449 g/mol. The number of fused-ring (bicyclic) bond motifs is 1. The lowest BCUT2D eigenvalue weighted by atomic mass is 9.99. The Morgan fingerprint density at radius 2 is 1.88 bits per heavy atom. The molecule has 4 aromatic rings. The topological polar surface area (TPSA) is 76.0 Å². The van der Waals surface area contributed by atoms with Gasteiger partial charge in [0.1, 0.15) is 4.70 Å². The van der Waals surface area contributed by atoms with E-state index in [0.29, 0.717) is 10.4 Å². The van der Waals surface area contributed by atoms with Crippen LogP contribution in [-0.2, 0) is 11.8 Å². The van der Waals surface area contributed by atoms with E-state index < -0.39 is 0 Å². The number of hydrogen-bond donors (Lipinski definition) is 2. The normalized spacial score (nSPS) is 10.9. The van der Waals surface area contributed by atoms with Crippen molar-refractivity contribution in [1.29, 1.82) is 0 Å². The van der Waals surface area contributed by atoms with Gasteiger partial charge in [0.05, 0.1) is 5.69 Å². The van der Waals surface area contributed by atoms with Crippen LogP contribution >= 0.6 is 11.5 Å². The van der Waals surface area contributed by atoms with Crippen LogP contribution in [0.25, 0.3) is 21.2 Å². The number of rotatable bonds is 5. The fourth-order valence-corrected chi connectivity index (χ4v) is 4.70. The van der Waals surface area contributed by atoms with Gasteiger partial charge in [-0.1, -0.05) is 24.8 Å². The number of amides is 1. The van der Waals surface area contributed by atoms with Gasteiger partial charge in [0.2, 0.25) is 5.91 Å². The van der Waals surface area contributed by atoms with Gasteiger partial charge in [0.25, 0.3) is 5.56 Å². The second-order valence-electron chi connectivity index (χ2n) is 7.78. The molecule has 2 aromatic carbocycles. The first-order valence-electron chi connectivity index (χ1n) is 10.2. The summed E-state index contributed by atoms with van der Waals surface area (Å²) in [5.74, 6) is -0.287. The van der Waals surface area contributed by atoms with Crippen LogP contribution in [-0.4, -0.2) is 14.8 Å². The van der Waals surface area contributed by atoms with Gasteiger partial charge in [0, 0.05) is 49.7 Å². The van der Waals surface area contributed by atoms with Gasteiger partial charge in [-0.15, -0.1) is 0 Å². The Morgan fingerprint density at radius 1 is 1.16 bits per heavy atom. The Bertz CT molecular complexity index is 1420. The van der Waals surface area contributed by atoms with Crippen LogP contribution in [0.3, 0.4) is 0 Å². The summed E-state index contributed by atoms with van der Waals surface area (Å²) >= 11 is 1.21. The van der Waals surface area contributed by atoms with Crippen LogP contribution in [0.1, 0.15) is 19.7 Å². The van der Waals surface area contributed by atoms with Gasteiger partial charge in [-0.2, -0.15) is 4.37 Å². The summed E-state index contributed by atoms with van der Waals surface area (Å²) in [6, 6.07) is 11.8. The lowest BCUT2D eigenvalue weighted by Gasteiger charge is -2.18. The maximum absolute atomic E-state index is 12.7. The monoisotopic (exact) mass is 448 g/mol. The number of nitrogens with zero attached hydrogens (tertiary/aromatic N) is 2. The zero-order valence-electron chi connectivity index (χ0n) is 18.4. The number of para-hydroxylation sites is 1. The first kappa shape index (κ1) is 21.5. The molecule has 0 aliphatic rings. The van der Waals surface area contributed by atoms with Gasteiger partial charge in [0.15, 0.2) is 0 Å². The molecule has 2 aromatic heterocycles. The Morgan fingerprint density at radius 3 is 2.56 bits per heavy atom. The molecule has 32 heavy (non-hydrogen) atoms. The highest BCUT2D eigenvalue weighted by Crippen LogP contribution is 2.39. The second-order valence-corrected chi connectivity index (χ2v) is 8.55. The molecule has 6 nitrogen and oxygen atoms in total. The maximum Gasteiger partial charge on any atom is 0.269 e. The molecule has 0 aliphatic heterocycles. The second kappa shape index (κ2) is 8.43. The molecule has 0 atom stereocenters. The highest BCUT2D eigenvalue weighted by atomic mass is 32.1. The van der Waals surface area contributed by atoms with Crippen molar-refractivity contribution in [3.05, 3.63) is 82.4 Å². The van der Waals surface area contributed by atoms with E-state index in [1.54, 1.807) is 11.6 Å². The third kappa shape index (κ3) is 3.83. The Kier molecular flexibility index (Phi) is 5.67. The van der Waals surface area contributed by atoms with Gasteiger partial charge in [-0.3, -0.25) is 9.59 Å². The molecule has 0 unspecified atom stereocenters. The molecule has 0 saturated carbocycles. The van der Waals surface area contributed by atoms with Gasteiger partial charge in [-0.25, -0.2) is 0 Å². The summed E-state index contributed by atoms with van der Waals surface area (Å²) in [6.07, 6.45) is 3.07. The van der Waals surface area contributed by atoms with E-state index in [4.69, 9.17) is 0 Å². The summed E-state index contributed by atoms with van der Waals surface area (Å²) in [5, 5.41) is 7.24. The van der Waals surface area contributed by atoms with Gasteiger partial charge < -0.3 is 15.2 Å². The molecule has 2 heterocycles. The number of hydrogen-bond acceptors (Lipinski definition) is 5. The minimum Gasteiger partial charge on any atom is -0.355 e. The number of pyridine rings is 1. The van der Waals surface area contributed by atoms with Crippen molar-refractivity contribution < 1.29 is 7.65 Å². The Hall–Kier alpha value is -3.71. The summed E-state index contributed by atoms with van der Waals surface area (Å²) in [4.78, 5) is 24.6. The van der Waals surface area contributed by atoms with E-state index in [-0.39, 0.29) is 14.3 Å². The fourth-order valence-electron chi connectivity index (χ4n) is 3.81. The molecule has 0 radical (unpaired) electrons. The minimum absolute atomic E-state index is 0. The number of anilines is 3. The number of aromatic nitrogens is 2. The summed E-state index contributed by atoms with van der Waals surface area (Å²) < 4.78 is 6.62. The highest BCUT2D eigenvalue weighted by molar-refractivity contribution is 7.13. The number of carbonyl (C=O) groups excluding carboxylic acids is 1. The van der Waals surface area contributed by atoms with E-state index in [1.165, 1.54) is 17.6 Å². The summed E-state index contributed by atoms with van der Waals surface area (Å²) in [5.41, 5.74) is 7.24. The molecule has 1 amide bonds. The Labute approximate surface area is 193 Å². The van der Waals surface area contributed by atoms with E-state index in [2.05, 4.69) is 47.6 Å². The Balaban J connectivity index is 0.00000204. The molecular formula is C25H28N4O2S. The van der Waals surface area contributed by atoms with Crippen LogP contribution in [0.4, 0.5) is 17.1 Å². The molecule has 0 bridgehead atoms. The lowest BCUT2D eigenvalue weighted by molar-refractivity contribution is -0.111. The van der Waals surface area contributed by atoms with Crippen molar-refractivity contribution in [3.63, 3.8) is 0 Å². The quantitative estimate of drug-likeness (QED) is 0.370. The fraction of sp³-hybridized carbons (Fsp3) is 0.160. The molecule has 2 N–H and O–H groups in total. The largest absolute Gasteiger partial charge is 0.355 e. The zero-order chi connectivity index (χ0) is 23.0. The number of benzene rings is 2. The average Bonchev–Trinajstić information content (AvgIpc) is 3.16. The van der Waals surface area contributed by atoms with Crippen LogP contribution in [0.5, 0.6) is 0 Å². The summed E-state index contributed by atoms with van der Waals surface area (Å²) in [6.45, 7) is 9.56. The molecule has 0 fully saturated rings. The number of nitrogens with one attached hydrogen (secondary N) is 2. The summed E-state index contributed by atoms with van der Waals surface area (Å²) in [7, 11) is 1.74. The highest BCUT2D eigenvalue weighted by Gasteiger charge is 2.18. The van der Waals surface area contributed by atoms with Crippen LogP contribution in [0, 0.1) is 20.8 Å². The van der Waals surface area contributed by atoms with Crippen molar-refractivity contribution in [1.82, 2.24) is 8.94 Å². The SMILES string of the molecule is C=CC(=O)Nc1ccc(Nc2c(C)cccc2C)c(-c2cn(C)c(=O)c3snc(C)c23)c1.[HH].[HH]. The smallest absolute Gasteiger partial charge is 0.269 e. The van der Waals surface area contributed by atoms with Crippen molar-refractivity contribution >= 4 is 44.6 Å². The van der Waals surface area contributed by atoms with Crippen LogP contribution < -0.4 is 16.2 Å². The van der Waals surface area contributed by atoms with E-state index >= 15 is 0 Å². The predicted molar refractivity (Wildman–Crippen MR) is 137 cm³/mol. The lowest BCUT2D eigenvalue weighted by Crippen LogP contribution is -2.15. The van der Waals surface area contributed by atoms with Gasteiger partial charge in [-0.05, 0) is 67.7 Å². The molecule has 0 aliphatic carbocycles.